The van der Waals surface area contributed by atoms with Gasteiger partial charge >= 0.3 is 0 Å². The van der Waals surface area contributed by atoms with Crippen molar-refractivity contribution in [2.45, 2.75) is 43.9 Å². The molecule has 6 heteroatoms. The second kappa shape index (κ2) is 7.53. The number of ether oxygens (including phenoxy) is 1. The molecule has 0 aliphatic carbocycles. The predicted molar refractivity (Wildman–Crippen MR) is 90.7 cm³/mol. The first-order chi connectivity index (χ1) is 9.95. The van der Waals surface area contributed by atoms with Gasteiger partial charge in [-0.2, -0.15) is 0 Å². The van der Waals surface area contributed by atoms with Crippen molar-refractivity contribution in [3.05, 3.63) is 20.8 Å². The lowest BCUT2D eigenvalue weighted by Crippen LogP contribution is -2.49. The van der Waals surface area contributed by atoms with Crippen LogP contribution in [0, 0.1) is 0 Å². The first kappa shape index (κ1) is 17.4. The minimum atomic E-state index is -0.660. The van der Waals surface area contributed by atoms with Crippen molar-refractivity contribution >= 4 is 27.3 Å². The standard InChI is InChI=1S/C15H25BrN2O2S/c1-3-12(17)14(13-8-11(16)9-21-13)18(2)10-15(19)4-6-20-7-5-15/h8-9,12,14,19H,3-7,10,17H2,1-2H3. The van der Waals surface area contributed by atoms with E-state index in [0.29, 0.717) is 32.6 Å². The molecule has 0 amide bonds. The van der Waals surface area contributed by atoms with Crippen LogP contribution < -0.4 is 5.73 Å². The highest BCUT2D eigenvalue weighted by Crippen LogP contribution is 2.33. The van der Waals surface area contributed by atoms with Crippen LogP contribution in [0.4, 0.5) is 0 Å². The third kappa shape index (κ3) is 4.50. The van der Waals surface area contributed by atoms with E-state index in [4.69, 9.17) is 10.5 Å². The zero-order valence-electron chi connectivity index (χ0n) is 12.7. The Labute approximate surface area is 139 Å². The molecule has 21 heavy (non-hydrogen) atoms. The smallest absolute Gasteiger partial charge is 0.0818 e. The minimum absolute atomic E-state index is 0.0593. The molecule has 2 heterocycles. The predicted octanol–water partition coefficient (Wildman–Crippen LogP) is 2.76. The normalized spacial score (nSPS) is 21.4. The maximum Gasteiger partial charge on any atom is 0.0818 e. The lowest BCUT2D eigenvalue weighted by atomic mass is 9.92. The molecule has 0 spiro atoms. The Morgan fingerprint density at radius 3 is 2.71 bits per heavy atom. The summed E-state index contributed by atoms with van der Waals surface area (Å²) in [6, 6.07) is 2.33. The van der Waals surface area contributed by atoms with Crippen molar-refractivity contribution in [1.29, 1.82) is 0 Å². The summed E-state index contributed by atoms with van der Waals surface area (Å²) in [7, 11) is 2.06. The van der Waals surface area contributed by atoms with Crippen molar-refractivity contribution in [2.24, 2.45) is 5.73 Å². The second-order valence-electron chi connectivity index (χ2n) is 5.94. The van der Waals surface area contributed by atoms with Gasteiger partial charge in [-0.3, -0.25) is 4.90 Å². The van der Waals surface area contributed by atoms with Crippen LogP contribution in [0.5, 0.6) is 0 Å². The molecule has 0 bridgehead atoms. The molecular formula is C15H25BrN2O2S. The molecule has 120 valence electrons. The molecule has 4 nitrogen and oxygen atoms in total. The van der Waals surface area contributed by atoms with E-state index in [1.807, 2.05) is 0 Å². The Morgan fingerprint density at radius 2 is 2.19 bits per heavy atom. The SMILES string of the molecule is CCC(N)C(c1cc(Br)cs1)N(C)CC1(O)CCOCC1. The van der Waals surface area contributed by atoms with Crippen molar-refractivity contribution in [3.8, 4) is 0 Å². The summed E-state index contributed by atoms with van der Waals surface area (Å²) in [4.78, 5) is 3.45. The van der Waals surface area contributed by atoms with Gasteiger partial charge in [0.05, 0.1) is 11.6 Å². The van der Waals surface area contributed by atoms with Gasteiger partial charge in [-0.05, 0) is 35.5 Å². The number of nitrogens with zero attached hydrogens (tertiary/aromatic N) is 1. The number of likely N-dealkylation sites (N-methyl/N-ethyl adjacent to an activating group) is 1. The summed E-state index contributed by atoms with van der Waals surface area (Å²) in [5.41, 5.74) is 5.69. The molecule has 1 aromatic heterocycles. The van der Waals surface area contributed by atoms with E-state index in [0.717, 1.165) is 10.9 Å². The summed E-state index contributed by atoms with van der Waals surface area (Å²) in [6.07, 6.45) is 2.30. The maximum absolute atomic E-state index is 10.7. The van der Waals surface area contributed by atoms with Crippen molar-refractivity contribution in [3.63, 3.8) is 0 Å². The fraction of sp³-hybridized carbons (Fsp3) is 0.733. The first-order valence-electron chi connectivity index (χ1n) is 7.45. The number of halogens is 1. The molecule has 1 fully saturated rings. The number of rotatable bonds is 6. The molecule has 0 aromatic carbocycles. The van der Waals surface area contributed by atoms with Gasteiger partial charge in [-0.15, -0.1) is 11.3 Å². The van der Waals surface area contributed by atoms with Crippen LogP contribution in [0.25, 0.3) is 0 Å². The van der Waals surface area contributed by atoms with Gasteiger partial charge in [-0.25, -0.2) is 0 Å². The van der Waals surface area contributed by atoms with E-state index in [-0.39, 0.29) is 12.1 Å². The van der Waals surface area contributed by atoms with Crippen molar-refractivity contribution < 1.29 is 9.84 Å². The highest BCUT2D eigenvalue weighted by atomic mass is 79.9. The molecule has 1 aliphatic heterocycles. The van der Waals surface area contributed by atoms with Crippen LogP contribution >= 0.6 is 27.3 Å². The Balaban J connectivity index is 2.12. The first-order valence-corrected chi connectivity index (χ1v) is 9.12. The third-order valence-corrected chi connectivity index (χ3v) is 5.96. The average Bonchev–Trinajstić information content (AvgIpc) is 2.85. The van der Waals surface area contributed by atoms with Crippen molar-refractivity contribution in [1.82, 2.24) is 4.90 Å². The molecule has 0 radical (unpaired) electrons. The molecule has 2 rings (SSSR count). The van der Waals surface area contributed by atoms with Crippen LogP contribution in [0.3, 0.4) is 0 Å². The summed E-state index contributed by atoms with van der Waals surface area (Å²) >= 11 is 5.23. The van der Waals surface area contributed by atoms with Crippen molar-refractivity contribution in [2.75, 3.05) is 26.8 Å². The number of hydrogen-bond donors (Lipinski definition) is 2. The van der Waals surface area contributed by atoms with E-state index in [1.165, 1.54) is 4.88 Å². The number of thiophene rings is 1. The topological polar surface area (TPSA) is 58.7 Å². The third-order valence-electron chi connectivity index (χ3n) is 4.20. The molecule has 2 atom stereocenters. The van der Waals surface area contributed by atoms with E-state index < -0.39 is 5.60 Å². The van der Waals surface area contributed by atoms with Gasteiger partial charge < -0.3 is 15.6 Å². The Morgan fingerprint density at radius 1 is 1.52 bits per heavy atom. The van der Waals surface area contributed by atoms with E-state index in [2.05, 4.69) is 46.2 Å². The van der Waals surface area contributed by atoms with Gasteiger partial charge in [0.15, 0.2) is 0 Å². The van der Waals surface area contributed by atoms with Gasteiger partial charge in [0.2, 0.25) is 0 Å². The van der Waals surface area contributed by atoms with Crippen LogP contribution in [0.15, 0.2) is 15.9 Å². The Kier molecular flexibility index (Phi) is 6.23. The van der Waals surface area contributed by atoms with Gasteiger partial charge in [0, 0.05) is 53.4 Å². The maximum atomic E-state index is 10.7. The quantitative estimate of drug-likeness (QED) is 0.801. The molecule has 3 N–H and O–H groups in total. The molecule has 1 saturated heterocycles. The van der Waals surface area contributed by atoms with Crippen LogP contribution in [-0.4, -0.2) is 48.5 Å². The minimum Gasteiger partial charge on any atom is -0.388 e. The molecule has 1 aromatic rings. The fourth-order valence-corrected chi connectivity index (χ4v) is 4.62. The molecular weight excluding hydrogens is 352 g/mol. The summed E-state index contributed by atoms with van der Waals surface area (Å²) in [5, 5.41) is 12.8. The highest BCUT2D eigenvalue weighted by Gasteiger charge is 2.34. The van der Waals surface area contributed by atoms with E-state index in [9.17, 15) is 5.11 Å². The monoisotopic (exact) mass is 376 g/mol. The van der Waals surface area contributed by atoms with E-state index in [1.54, 1.807) is 11.3 Å². The zero-order valence-corrected chi connectivity index (χ0v) is 15.1. The second-order valence-corrected chi connectivity index (χ2v) is 7.79. The zero-order chi connectivity index (χ0) is 15.5. The van der Waals surface area contributed by atoms with E-state index >= 15 is 0 Å². The lowest BCUT2D eigenvalue weighted by molar-refractivity contribution is -0.0825. The average molecular weight is 377 g/mol. The number of nitrogens with two attached hydrogens (primary N) is 1. The largest absolute Gasteiger partial charge is 0.388 e. The number of hydrogen-bond acceptors (Lipinski definition) is 5. The molecule has 0 saturated carbocycles. The lowest BCUT2D eigenvalue weighted by Gasteiger charge is -2.39. The summed E-state index contributed by atoms with van der Waals surface area (Å²) in [6.45, 7) is 4.01. The summed E-state index contributed by atoms with van der Waals surface area (Å²) < 4.78 is 6.45. The fourth-order valence-electron chi connectivity index (χ4n) is 2.93. The van der Waals surface area contributed by atoms with Gasteiger partial charge in [0.25, 0.3) is 0 Å². The number of aliphatic hydroxyl groups is 1. The summed E-state index contributed by atoms with van der Waals surface area (Å²) in [5.74, 6) is 0. The van der Waals surface area contributed by atoms with Gasteiger partial charge in [-0.1, -0.05) is 6.92 Å². The molecule has 2 unspecified atom stereocenters. The molecule has 1 aliphatic rings. The van der Waals surface area contributed by atoms with Crippen LogP contribution in [0.2, 0.25) is 0 Å². The van der Waals surface area contributed by atoms with Crippen LogP contribution in [-0.2, 0) is 4.74 Å². The van der Waals surface area contributed by atoms with Gasteiger partial charge in [0.1, 0.15) is 0 Å². The van der Waals surface area contributed by atoms with Crippen LogP contribution in [0.1, 0.15) is 37.1 Å². The Hall–Kier alpha value is 0.0200. The highest BCUT2D eigenvalue weighted by molar-refractivity contribution is 9.10. The Bertz CT molecular complexity index is 449.